The molecule has 0 fully saturated rings. The van der Waals surface area contributed by atoms with E-state index in [2.05, 4.69) is 15.4 Å². The molecule has 41 heavy (non-hydrogen) atoms. The van der Waals surface area contributed by atoms with Crippen molar-refractivity contribution in [2.24, 2.45) is 0 Å². The molecule has 8 bridgehead atoms. The molecular weight excluding hydrogens is 525 g/mol. The number of fused-ring (bicyclic) bond motifs is 7. The van der Waals surface area contributed by atoms with Crippen LogP contribution in [0.1, 0.15) is 41.1 Å². The Morgan fingerprint density at radius 2 is 2.02 bits per heavy atom. The van der Waals surface area contributed by atoms with Crippen LogP contribution in [-0.4, -0.2) is 51.2 Å². The molecule has 2 amide bonds. The number of nitrogens with one attached hydrogen (secondary N) is 1. The predicted octanol–water partition coefficient (Wildman–Crippen LogP) is 4.22. The second kappa shape index (κ2) is 11.8. The molecule has 0 radical (unpaired) electrons. The Bertz CT molecular complexity index is 1560. The summed E-state index contributed by atoms with van der Waals surface area (Å²) in [4.78, 5) is 31.9. The Morgan fingerprint density at radius 3 is 2.90 bits per heavy atom. The summed E-state index contributed by atoms with van der Waals surface area (Å²) in [5.74, 6) is 0.594. The summed E-state index contributed by atoms with van der Waals surface area (Å²) in [5.41, 5.74) is 3.59. The smallest absolute Gasteiger partial charge is 0.225 e. The van der Waals surface area contributed by atoms with Gasteiger partial charge in [-0.1, -0.05) is 24.3 Å². The highest BCUT2D eigenvalue weighted by Gasteiger charge is 2.32. The van der Waals surface area contributed by atoms with Gasteiger partial charge in [0.15, 0.2) is 11.6 Å². The molecule has 3 aliphatic rings. The third-order valence-corrected chi connectivity index (χ3v) is 7.36. The van der Waals surface area contributed by atoms with Crippen molar-refractivity contribution in [3.8, 4) is 17.2 Å². The molecule has 1 atom stereocenters. The van der Waals surface area contributed by atoms with Crippen LogP contribution in [0.15, 0.2) is 73.3 Å². The van der Waals surface area contributed by atoms with Gasteiger partial charge in [-0.15, -0.1) is 0 Å². The van der Waals surface area contributed by atoms with Gasteiger partial charge in [-0.25, -0.2) is 9.37 Å². The Labute approximate surface area is 236 Å². The molecule has 9 nitrogen and oxygen atoms in total. The zero-order valence-corrected chi connectivity index (χ0v) is 22.5. The zero-order chi connectivity index (χ0) is 28.2. The lowest BCUT2D eigenvalue weighted by atomic mass is 9.87. The van der Waals surface area contributed by atoms with E-state index >= 15 is 0 Å². The van der Waals surface area contributed by atoms with Crippen LogP contribution in [0.5, 0.6) is 17.2 Å². The molecule has 1 unspecified atom stereocenters. The zero-order valence-electron chi connectivity index (χ0n) is 22.5. The maximum atomic E-state index is 14.7. The van der Waals surface area contributed by atoms with Gasteiger partial charge in [0.25, 0.3) is 0 Å². The number of aryl methyl sites for hydroxylation is 1. The number of carbonyl (C=O) groups excluding carboxylic acids is 2. The first-order valence-corrected chi connectivity index (χ1v) is 13.7. The van der Waals surface area contributed by atoms with E-state index in [0.717, 1.165) is 16.7 Å². The number of aromatic nitrogens is 3. The summed E-state index contributed by atoms with van der Waals surface area (Å²) in [6.45, 7) is 1.82. The molecule has 0 saturated carbocycles. The maximum Gasteiger partial charge on any atom is 0.225 e. The lowest BCUT2D eigenvalue weighted by molar-refractivity contribution is -0.133. The van der Waals surface area contributed by atoms with E-state index in [0.29, 0.717) is 56.1 Å². The number of hydrogen-bond acceptors (Lipinski definition) is 6. The largest absolute Gasteiger partial charge is 0.494 e. The normalized spacial score (nSPS) is 17.0. The summed E-state index contributed by atoms with van der Waals surface area (Å²) in [5, 5.41) is 7.01. The van der Waals surface area contributed by atoms with Crippen LogP contribution in [0.3, 0.4) is 0 Å². The van der Waals surface area contributed by atoms with Gasteiger partial charge >= 0.3 is 0 Å². The van der Waals surface area contributed by atoms with Crippen LogP contribution in [0, 0.1) is 5.82 Å². The first-order valence-electron chi connectivity index (χ1n) is 13.7. The number of hydrogen-bond donors (Lipinski definition) is 1. The fourth-order valence-electron chi connectivity index (χ4n) is 5.37. The Kier molecular flexibility index (Phi) is 7.62. The highest BCUT2D eigenvalue weighted by Crippen LogP contribution is 2.39. The van der Waals surface area contributed by atoms with Crippen molar-refractivity contribution >= 4 is 11.8 Å². The molecule has 0 spiro atoms. The third-order valence-electron chi connectivity index (χ3n) is 7.36. The van der Waals surface area contributed by atoms with Crippen molar-refractivity contribution in [2.45, 2.75) is 38.3 Å². The molecule has 10 heteroatoms. The molecule has 7 rings (SSSR count). The van der Waals surface area contributed by atoms with Crippen molar-refractivity contribution in [3.63, 3.8) is 0 Å². The summed E-state index contributed by atoms with van der Waals surface area (Å²) in [6.07, 6.45) is 4.70. The molecule has 0 saturated heterocycles. The fourth-order valence-corrected chi connectivity index (χ4v) is 5.37. The average Bonchev–Trinajstić information content (AvgIpc) is 3.50. The molecule has 1 aromatic heterocycles. The quantitative estimate of drug-likeness (QED) is 0.407. The van der Waals surface area contributed by atoms with Crippen LogP contribution in [0.4, 0.5) is 4.39 Å². The van der Waals surface area contributed by atoms with Gasteiger partial charge < -0.3 is 19.7 Å². The van der Waals surface area contributed by atoms with E-state index in [4.69, 9.17) is 9.47 Å². The molecule has 1 N–H and O–H groups in total. The Hall–Kier alpha value is -4.73. The summed E-state index contributed by atoms with van der Waals surface area (Å²) in [6, 6.07) is 17.6. The maximum absolute atomic E-state index is 14.7. The molecular formula is C31H30FN5O4. The summed E-state index contributed by atoms with van der Waals surface area (Å²) >= 11 is 0. The number of carbonyl (C=O) groups is 2. The second-order valence-corrected chi connectivity index (χ2v) is 10.2. The number of ether oxygens (including phenoxy) is 2. The van der Waals surface area contributed by atoms with Crippen LogP contribution < -0.4 is 14.8 Å². The first-order chi connectivity index (χ1) is 20.0. The van der Waals surface area contributed by atoms with Gasteiger partial charge in [-0.3, -0.25) is 14.3 Å². The number of halogens is 1. The van der Waals surface area contributed by atoms with E-state index in [1.807, 2.05) is 41.3 Å². The predicted molar refractivity (Wildman–Crippen MR) is 148 cm³/mol. The number of benzene rings is 3. The number of rotatable bonds is 3. The van der Waals surface area contributed by atoms with Gasteiger partial charge in [-0.2, -0.15) is 5.10 Å². The first kappa shape index (κ1) is 26.5. The van der Waals surface area contributed by atoms with E-state index in [1.54, 1.807) is 29.2 Å². The van der Waals surface area contributed by atoms with Crippen molar-refractivity contribution in [1.82, 2.24) is 25.0 Å². The van der Waals surface area contributed by atoms with Crippen LogP contribution in [0.25, 0.3) is 0 Å². The fraction of sp³-hybridized carbons (Fsp3) is 0.290. The second-order valence-electron chi connectivity index (χ2n) is 10.2. The van der Waals surface area contributed by atoms with Gasteiger partial charge in [0.1, 0.15) is 24.2 Å². The van der Waals surface area contributed by atoms with Crippen molar-refractivity contribution in [1.29, 1.82) is 0 Å². The average molecular weight is 556 g/mol. The van der Waals surface area contributed by atoms with Gasteiger partial charge in [0.05, 0.1) is 25.6 Å². The monoisotopic (exact) mass is 555 g/mol. The lowest BCUT2D eigenvalue weighted by Crippen LogP contribution is -2.41. The van der Waals surface area contributed by atoms with Gasteiger partial charge in [-0.05, 0) is 71.5 Å². The summed E-state index contributed by atoms with van der Waals surface area (Å²) < 4.78 is 28.3. The standard InChI is InChI=1S/C31H30FN5O4/c32-27-8-5-21-15-28(27)41-25-6-7-26-22(17-25)9-13-37(30(39)10-12-36-20-33-19-35-36)31(26)23-3-1-4-24(18-23)40-14-2-11-34-29(38)16-21/h1,3-8,15,17-20,31H,2,9-14,16H2,(H,34,38). The minimum Gasteiger partial charge on any atom is -0.494 e. The lowest BCUT2D eigenvalue weighted by Gasteiger charge is -2.38. The van der Waals surface area contributed by atoms with Gasteiger partial charge in [0.2, 0.25) is 11.8 Å². The number of nitrogens with zero attached hydrogens (tertiary/aromatic N) is 4. The summed E-state index contributed by atoms with van der Waals surface area (Å²) in [7, 11) is 0. The topological polar surface area (TPSA) is 98.6 Å². The molecule has 210 valence electrons. The van der Waals surface area contributed by atoms with Crippen molar-refractivity contribution in [3.05, 3.63) is 101 Å². The SMILES string of the molecule is O=C1Cc2ccc(F)c(c2)Oc2ccc3c(c2)CCN(C(=O)CCn2cncn2)C3c2cccc(c2)OCCCN1. The van der Waals surface area contributed by atoms with Crippen molar-refractivity contribution < 1.29 is 23.5 Å². The van der Waals surface area contributed by atoms with Crippen LogP contribution in [-0.2, 0) is 29.0 Å². The van der Waals surface area contributed by atoms with Gasteiger partial charge in [0, 0.05) is 19.5 Å². The molecule has 0 aliphatic carbocycles. The van der Waals surface area contributed by atoms with E-state index < -0.39 is 5.82 Å². The molecule has 3 aromatic carbocycles. The van der Waals surface area contributed by atoms with E-state index in [9.17, 15) is 14.0 Å². The number of amides is 2. The third kappa shape index (κ3) is 6.06. The highest BCUT2D eigenvalue weighted by atomic mass is 19.1. The van der Waals surface area contributed by atoms with Crippen LogP contribution in [0.2, 0.25) is 0 Å². The van der Waals surface area contributed by atoms with Crippen LogP contribution >= 0.6 is 0 Å². The Balaban J connectivity index is 1.36. The van der Waals surface area contributed by atoms with E-state index in [1.165, 1.54) is 12.4 Å². The highest BCUT2D eigenvalue weighted by molar-refractivity contribution is 5.79. The minimum absolute atomic E-state index is 0.0100. The molecule has 4 heterocycles. The molecule has 4 aromatic rings. The van der Waals surface area contributed by atoms with Crippen molar-refractivity contribution in [2.75, 3.05) is 19.7 Å². The Morgan fingerprint density at radius 1 is 1.10 bits per heavy atom. The minimum atomic E-state index is -0.506. The molecule has 3 aliphatic heterocycles. The van der Waals surface area contributed by atoms with E-state index in [-0.39, 0.29) is 36.4 Å².